The van der Waals surface area contributed by atoms with Crippen LogP contribution < -0.4 is 5.32 Å². The molecule has 4 nitrogen and oxygen atoms in total. The lowest BCUT2D eigenvalue weighted by molar-refractivity contribution is 0.104. The van der Waals surface area contributed by atoms with Gasteiger partial charge < -0.3 is 14.5 Å². The fourth-order valence-electron chi connectivity index (χ4n) is 2.76. The molecule has 1 heterocycles. The summed E-state index contributed by atoms with van der Waals surface area (Å²) < 4.78 is 11.0. The van der Waals surface area contributed by atoms with Crippen LogP contribution in [0.4, 0.5) is 0 Å². The van der Waals surface area contributed by atoms with Crippen LogP contribution in [0, 0.1) is 0 Å². The summed E-state index contributed by atoms with van der Waals surface area (Å²) in [7, 11) is 1.76. The van der Waals surface area contributed by atoms with Gasteiger partial charge in [0, 0.05) is 37.8 Å². The molecule has 0 atom stereocenters. The second-order valence-corrected chi connectivity index (χ2v) is 6.01. The van der Waals surface area contributed by atoms with E-state index in [4.69, 9.17) is 9.15 Å². The average Bonchev–Trinajstić information content (AvgIpc) is 3.23. The Labute approximate surface area is 128 Å². The highest BCUT2D eigenvalue weighted by Crippen LogP contribution is 2.20. The van der Waals surface area contributed by atoms with Crippen molar-refractivity contribution in [3.05, 3.63) is 23.7 Å². The second-order valence-electron chi connectivity index (χ2n) is 6.01. The summed E-state index contributed by atoms with van der Waals surface area (Å²) in [6, 6.07) is 3.53. The fourth-order valence-corrected chi connectivity index (χ4v) is 2.76. The Hall–Kier alpha value is -0.840. The van der Waals surface area contributed by atoms with Gasteiger partial charge in [0.2, 0.25) is 0 Å². The Morgan fingerprint density at radius 1 is 1.38 bits per heavy atom. The molecule has 0 spiro atoms. The molecule has 1 N–H and O–H groups in total. The first-order valence-electron chi connectivity index (χ1n) is 8.29. The molecule has 1 aliphatic carbocycles. The topological polar surface area (TPSA) is 37.6 Å². The van der Waals surface area contributed by atoms with Gasteiger partial charge in [0.25, 0.3) is 0 Å². The van der Waals surface area contributed by atoms with E-state index in [1.165, 1.54) is 18.4 Å². The molecule has 1 saturated carbocycles. The number of rotatable bonds is 11. The molecule has 0 saturated heterocycles. The molecule has 120 valence electrons. The van der Waals surface area contributed by atoms with Gasteiger partial charge in [0.15, 0.2) is 0 Å². The fraction of sp³-hybridized carbons (Fsp3) is 0.765. The van der Waals surface area contributed by atoms with Crippen LogP contribution in [0.1, 0.15) is 50.9 Å². The maximum absolute atomic E-state index is 5.74. The molecule has 0 aromatic carbocycles. The average molecular weight is 294 g/mol. The smallest absolute Gasteiger partial charge is 0.118 e. The number of methoxy groups -OCH3 is 1. The number of furan rings is 1. The van der Waals surface area contributed by atoms with Crippen molar-refractivity contribution in [2.45, 2.75) is 64.7 Å². The van der Waals surface area contributed by atoms with Crippen LogP contribution in [-0.4, -0.2) is 37.2 Å². The highest BCUT2D eigenvalue weighted by atomic mass is 16.5. The number of hydrogen-bond acceptors (Lipinski definition) is 4. The zero-order valence-corrected chi connectivity index (χ0v) is 13.7. The van der Waals surface area contributed by atoms with Crippen LogP contribution >= 0.6 is 0 Å². The maximum Gasteiger partial charge on any atom is 0.118 e. The predicted molar refractivity (Wildman–Crippen MR) is 85.2 cm³/mol. The molecule has 21 heavy (non-hydrogen) atoms. The lowest BCUT2D eigenvalue weighted by atomic mass is 10.1. The van der Waals surface area contributed by atoms with Crippen molar-refractivity contribution >= 4 is 0 Å². The van der Waals surface area contributed by atoms with Crippen molar-refractivity contribution in [2.24, 2.45) is 0 Å². The van der Waals surface area contributed by atoms with Crippen molar-refractivity contribution in [1.82, 2.24) is 10.2 Å². The Bertz CT molecular complexity index is 397. The zero-order chi connectivity index (χ0) is 15.1. The summed E-state index contributed by atoms with van der Waals surface area (Å²) >= 11 is 0. The minimum atomic E-state index is 0.596. The molecule has 1 aromatic heterocycles. The predicted octanol–water partition coefficient (Wildman–Crippen LogP) is 3.17. The van der Waals surface area contributed by atoms with E-state index < -0.39 is 0 Å². The van der Waals surface area contributed by atoms with E-state index in [0.717, 1.165) is 50.9 Å². The van der Waals surface area contributed by atoms with Gasteiger partial charge in [-0.1, -0.05) is 13.8 Å². The maximum atomic E-state index is 5.74. The molecule has 0 aliphatic heterocycles. The molecule has 0 amide bonds. The van der Waals surface area contributed by atoms with Crippen LogP contribution in [0.15, 0.2) is 16.7 Å². The van der Waals surface area contributed by atoms with E-state index in [1.807, 2.05) is 6.26 Å². The first kappa shape index (κ1) is 16.5. The molecule has 1 fully saturated rings. The van der Waals surface area contributed by atoms with Crippen LogP contribution in [0.5, 0.6) is 0 Å². The third-order valence-corrected chi connectivity index (χ3v) is 4.28. The Morgan fingerprint density at radius 2 is 2.14 bits per heavy atom. The van der Waals surface area contributed by atoms with Crippen molar-refractivity contribution in [3.8, 4) is 0 Å². The molecule has 1 aliphatic rings. The van der Waals surface area contributed by atoms with E-state index in [2.05, 4.69) is 30.1 Å². The molecular weight excluding hydrogens is 264 g/mol. The number of hydrogen-bond donors (Lipinski definition) is 1. The third-order valence-electron chi connectivity index (χ3n) is 4.28. The van der Waals surface area contributed by atoms with Crippen molar-refractivity contribution < 1.29 is 9.15 Å². The SMILES string of the molecule is CCC(CC)N(CCOC)Cc1cc(CNC2CC2)co1. The standard InChI is InChI=1S/C17H30N2O2/c1-4-16(5-2)19(8-9-20-3)12-17-10-14(13-21-17)11-18-15-6-7-15/h10,13,15-16,18H,4-9,11-12H2,1-3H3. The molecular formula is C17H30N2O2. The first-order valence-corrected chi connectivity index (χ1v) is 8.29. The lowest BCUT2D eigenvalue weighted by Crippen LogP contribution is -2.36. The van der Waals surface area contributed by atoms with Gasteiger partial charge in [-0.25, -0.2) is 0 Å². The Kier molecular flexibility index (Phi) is 6.74. The third kappa shape index (κ3) is 5.46. The van der Waals surface area contributed by atoms with Gasteiger partial charge in [0.05, 0.1) is 19.4 Å². The minimum absolute atomic E-state index is 0.596. The van der Waals surface area contributed by atoms with Crippen molar-refractivity contribution in [1.29, 1.82) is 0 Å². The molecule has 0 bridgehead atoms. The summed E-state index contributed by atoms with van der Waals surface area (Å²) in [6.07, 6.45) is 6.87. The molecule has 1 aromatic rings. The summed E-state index contributed by atoms with van der Waals surface area (Å²) in [5.41, 5.74) is 1.26. The Balaban J connectivity index is 1.87. The van der Waals surface area contributed by atoms with E-state index in [-0.39, 0.29) is 0 Å². The monoisotopic (exact) mass is 294 g/mol. The van der Waals surface area contributed by atoms with Crippen LogP contribution in [-0.2, 0) is 17.8 Å². The molecule has 4 heteroatoms. The van der Waals surface area contributed by atoms with Gasteiger partial charge in [-0.15, -0.1) is 0 Å². The van der Waals surface area contributed by atoms with Gasteiger partial charge in [-0.3, -0.25) is 4.90 Å². The van der Waals surface area contributed by atoms with Crippen LogP contribution in [0.2, 0.25) is 0 Å². The summed E-state index contributed by atoms with van der Waals surface area (Å²) in [4.78, 5) is 2.47. The number of nitrogens with zero attached hydrogens (tertiary/aromatic N) is 1. The summed E-state index contributed by atoms with van der Waals surface area (Å²) in [5.74, 6) is 1.06. The highest BCUT2D eigenvalue weighted by Gasteiger charge is 2.21. The summed E-state index contributed by atoms with van der Waals surface area (Å²) in [6.45, 7) is 8.03. The van der Waals surface area contributed by atoms with Crippen molar-refractivity contribution in [2.75, 3.05) is 20.3 Å². The van der Waals surface area contributed by atoms with Gasteiger partial charge >= 0.3 is 0 Å². The van der Waals surface area contributed by atoms with E-state index in [9.17, 15) is 0 Å². The normalized spacial score (nSPS) is 15.3. The zero-order valence-electron chi connectivity index (χ0n) is 13.7. The lowest BCUT2D eigenvalue weighted by Gasteiger charge is -2.29. The van der Waals surface area contributed by atoms with E-state index >= 15 is 0 Å². The van der Waals surface area contributed by atoms with Gasteiger partial charge in [0.1, 0.15) is 5.76 Å². The second kappa shape index (κ2) is 8.57. The quantitative estimate of drug-likeness (QED) is 0.680. The van der Waals surface area contributed by atoms with Gasteiger partial charge in [-0.05, 0) is 31.7 Å². The molecule has 0 unspecified atom stereocenters. The minimum Gasteiger partial charge on any atom is -0.468 e. The summed E-state index contributed by atoms with van der Waals surface area (Å²) in [5, 5.41) is 3.53. The van der Waals surface area contributed by atoms with Crippen molar-refractivity contribution in [3.63, 3.8) is 0 Å². The van der Waals surface area contributed by atoms with Gasteiger partial charge in [-0.2, -0.15) is 0 Å². The molecule has 0 radical (unpaired) electrons. The first-order chi connectivity index (χ1) is 10.3. The van der Waals surface area contributed by atoms with Crippen LogP contribution in [0.3, 0.4) is 0 Å². The highest BCUT2D eigenvalue weighted by molar-refractivity contribution is 5.13. The number of nitrogens with one attached hydrogen (secondary N) is 1. The van der Waals surface area contributed by atoms with E-state index in [0.29, 0.717) is 6.04 Å². The number of ether oxygens (including phenoxy) is 1. The molecule has 2 rings (SSSR count). The van der Waals surface area contributed by atoms with E-state index in [1.54, 1.807) is 7.11 Å². The largest absolute Gasteiger partial charge is 0.468 e. The Morgan fingerprint density at radius 3 is 2.76 bits per heavy atom. The van der Waals surface area contributed by atoms with Crippen LogP contribution in [0.25, 0.3) is 0 Å².